The average Bonchev–Trinajstić information content (AvgIpc) is 2.46. The van der Waals surface area contributed by atoms with Crippen molar-refractivity contribution in [3.8, 4) is 11.3 Å². The molecule has 3 rings (SSSR count). The van der Waals surface area contributed by atoms with Crippen LogP contribution in [0.25, 0.3) is 22.2 Å². The number of fused-ring (bicyclic) bond motifs is 1. The van der Waals surface area contributed by atoms with Crippen molar-refractivity contribution in [1.82, 2.24) is 4.98 Å². The largest absolute Gasteiger partial charge is 0.248 e. The second-order valence-electron chi connectivity index (χ2n) is 6.67. The van der Waals surface area contributed by atoms with Crippen LogP contribution in [-0.4, -0.2) is 4.98 Å². The Morgan fingerprint density at radius 2 is 1.52 bits per heavy atom. The van der Waals surface area contributed by atoms with Gasteiger partial charge in [0.15, 0.2) is 0 Å². The van der Waals surface area contributed by atoms with Gasteiger partial charge in [-0.3, -0.25) is 0 Å². The Hall–Kier alpha value is -2.15. The van der Waals surface area contributed by atoms with Crippen LogP contribution in [0.15, 0.2) is 54.6 Å². The number of aryl methyl sites for hydroxylation is 1. The van der Waals surface area contributed by atoms with Crippen molar-refractivity contribution in [3.63, 3.8) is 0 Å². The Morgan fingerprint density at radius 3 is 2.19 bits per heavy atom. The first-order chi connectivity index (χ1) is 9.95. The lowest BCUT2D eigenvalue weighted by Crippen LogP contribution is -2.10. The number of para-hydroxylation sites is 1. The van der Waals surface area contributed by atoms with Crippen LogP contribution in [0.2, 0.25) is 0 Å². The number of nitrogens with zero attached hydrogens (tertiary/aromatic N) is 1. The number of aromatic nitrogens is 1. The third-order valence-electron chi connectivity index (χ3n) is 3.97. The quantitative estimate of drug-likeness (QED) is 0.571. The molecule has 0 fully saturated rings. The van der Waals surface area contributed by atoms with Crippen molar-refractivity contribution in [2.75, 3.05) is 0 Å². The summed E-state index contributed by atoms with van der Waals surface area (Å²) in [6, 6.07) is 19.3. The summed E-state index contributed by atoms with van der Waals surface area (Å²) in [4.78, 5) is 4.80. The van der Waals surface area contributed by atoms with Crippen molar-refractivity contribution >= 4 is 10.9 Å². The van der Waals surface area contributed by atoms with E-state index in [1.807, 2.05) is 6.07 Å². The normalized spacial score (nSPS) is 11.8. The molecule has 0 saturated carbocycles. The Bertz CT molecular complexity index is 777. The SMILES string of the molecule is Cc1cc(-c2ccc(C(C)(C)C)cc2)nc2ccccc12. The lowest BCUT2D eigenvalue weighted by atomic mass is 9.86. The zero-order chi connectivity index (χ0) is 15.0. The first-order valence-corrected chi connectivity index (χ1v) is 7.42. The molecule has 2 aromatic carbocycles. The van der Waals surface area contributed by atoms with E-state index in [2.05, 4.69) is 76.2 Å². The fourth-order valence-corrected chi connectivity index (χ4v) is 2.64. The number of pyridine rings is 1. The molecule has 1 heterocycles. The second-order valence-corrected chi connectivity index (χ2v) is 6.67. The van der Waals surface area contributed by atoms with Gasteiger partial charge in [-0.1, -0.05) is 63.2 Å². The molecule has 0 unspecified atom stereocenters. The molecule has 0 N–H and O–H groups in total. The summed E-state index contributed by atoms with van der Waals surface area (Å²) in [6.45, 7) is 8.86. The number of hydrogen-bond donors (Lipinski definition) is 0. The number of benzene rings is 2. The molecule has 0 bridgehead atoms. The Labute approximate surface area is 126 Å². The van der Waals surface area contributed by atoms with Gasteiger partial charge in [-0.2, -0.15) is 0 Å². The van der Waals surface area contributed by atoms with E-state index in [-0.39, 0.29) is 5.41 Å². The van der Waals surface area contributed by atoms with Gasteiger partial charge in [-0.05, 0) is 35.6 Å². The fourth-order valence-electron chi connectivity index (χ4n) is 2.64. The zero-order valence-corrected chi connectivity index (χ0v) is 13.1. The molecule has 1 nitrogen and oxygen atoms in total. The van der Waals surface area contributed by atoms with Crippen molar-refractivity contribution in [2.24, 2.45) is 0 Å². The van der Waals surface area contributed by atoms with E-state index < -0.39 is 0 Å². The lowest BCUT2D eigenvalue weighted by molar-refractivity contribution is 0.590. The third kappa shape index (κ3) is 2.69. The summed E-state index contributed by atoms with van der Waals surface area (Å²) in [7, 11) is 0. The van der Waals surface area contributed by atoms with Gasteiger partial charge in [0.2, 0.25) is 0 Å². The molecule has 106 valence electrons. The van der Waals surface area contributed by atoms with E-state index in [4.69, 9.17) is 4.98 Å². The minimum absolute atomic E-state index is 0.186. The van der Waals surface area contributed by atoms with Gasteiger partial charge in [-0.25, -0.2) is 4.98 Å². The fraction of sp³-hybridized carbons (Fsp3) is 0.250. The molecule has 1 heteroatoms. The van der Waals surface area contributed by atoms with Gasteiger partial charge in [0.1, 0.15) is 0 Å². The third-order valence-corrected chi connectivity index (χ3v) is 3.97. The maximum Gasteiger partial charge on any atom is 0.0712 e. The molecule has 0 spiro atoms. The van der Waals surface area contributed by atoms with Gasteiger partial charge in [0.25, 0.3) is 0 Å². The highest BCUT2D eigenvalue weighted by molar-refractivity contribution is 5.84. The maximum atomic E-state index is 4.80. The van der Waals surface area contributed by atoms with Crippen LogP contribution in [-0.2, 0) is 5.41 Å². The molecule has 0 amide bonds. The second kappa shape index (κ2) is 5.00. The molecule has 21 heavy (non-hydrogen) atoms. The minimum atomic E-state index is 0.186. The monoisotopic (exact) mass is 275 g/mol. The van der Waals surface area contributed by atoms with E-state index in [9.17, 15) is 0 Å². The highest BCUT2D eigenvalue weighted by Gasteiger charge is 2.13. The molecule has 0 saturated heterocycles. The van der Waals surface area contributed by atoms with Gasteiger partial charge in [0, 0.05) is 10.9 Å². The topological polar surface area (TPSA) is 12.9 Å². The Morgan fingerprint density at radius 1 is 0.857 bits per heavy atom. The maximum absolute atomic E-state index is 4.80. The van der Waals surface area contributed by atoms with Gasteiger partial charge in [-0.15, -0.1) is 0 Å². The predicted molar refractivity (Wildman–Crippen MR) is 90.6 cm³/mol. The van der Waals surface area contributed by atoms with Crippen LogP contribution >= 0.6 is 0 Å². The van der Waals surface area contributed by atoms with Crippen LogP contribution in [0.5, 0.6) is 0 Å². The van der Waals surface area contributed by atoms with E-state index >= 15 is 0 Å². The minimum Gasteiger partial charge on any atom is -0.248 e. The number of hydrogen-bond acceptors (Lipinski definition) is 1. The molecule has 0 radical (unpaired) electrons. The van der Waals surface area contributed by atoms with Crippen molar-refractivity contribution in [1.29, 1.82) is 0 Å². The molecular formula is C20H21N. The van der Waals surface area contributed by atoms with Crippen LogP contribution in [0.3, 0.4) is 0 Å². The Balaban J connectivity index is 2.08. The summed E-state index contributed by atoms with van der Waals surface area (Å²) in [5, 5.41) is 1.23. The average molecular weight is 275 g/mol. The summed E-state index contributed by atoms with van der Waals surface area (Å²) in [6.07, 6.45) is 0. The molecule has 1 aromatic heterocycles. The molecule has 0 aliphatic heterocycles. The summed E-state index contributed by atoms with van der Waals surface area (Å²) in [5.41, 5.74) is 6.10. The van der Waals surface area contributed by atoms with E-state index in [1.54, 1.807) is 0 Å². The zero-order valence-electron chi connectivity index (χ0n) is 13.1. The van der Waals surface area contributed by atoms with Crippen molar-refractivity contribution in [2.45, 2.75) is 33.1 Å². The molecule has 3 aromatic rings. The Kier molecular flexibility index (Phi) is 3.29. The molecule has 0 atom stereocenters. The van der Waals surface area contributed by atoms with Crippen LogP contribution in [0.1, 0.15) is 31.9 Å². The van der Waals surface area contributed by atoms with Gasteiger partial charge >= 0.3 is 0 Å². The predicted octanol–water partition coefficient (Wildman–Crippen LogP) is 5.51. The standard InChI is InChI=1S/C20H21N/c1-14-13-19(21-18-8-6-5-7-17(14)18)15-9-11-16(12-10-15)20(2,3)4/h5-13H,1-4H3. The summed E-state index contributed by atoms with van der Waals surface area (Å²) < 4.78 is 0. The first-order valence-electron chi connectivity index (χ1n) is 7.42. The highest BCUT2D eigenvalue weighted by atomic mass is 14.7. The summed E-state index contributed by atoms with van der Waals surface area (Å²) in [5.74, 6) is 0. The molecule has 0 aliphatic carbocycles. The van der Waals surface area contributed by atoms with E-state index in [0.717, 1.165) is 11.2 Å². The van der Waals surface area contributed by atoms with Gasteiger partial charge in [0.05, 0.1) is 11.2 Å². The first kappa shape index (κ1) is 13.8. The van der Waals surface area contributed by atoms with Crippen LogP contribution in [0, 0.1) is 6.92 Å². The molecular weight excluding hydrogens is 254 g/mol. The van der Waals surface area contributed by atoms with Crippen LogP contribution < -0.4 is 0 Å². The highest BCUT2D eigenvalue weighted by Crippen LogP contribution is 2.27. The smallest absolute Gasteiger partial charge is 0.0712 e. The molecule has 0 aliphatic rings. The lowest BCUT2D eigenvalue weighted by Gasteiger charge is -2.19. The van der Waals surface area contributed by atoms with E-state index in [1.165, 1.54) is 22.1 Å². The van der Waals surface area contributed by atoms with E-state index in [0.29, 0.717) is 0 Å². The van der Waals surface area contributed by atoms with Crippen molar-refractivity contribution in [3.05, 3.63) is 65.7 Å². The van der Waals surface area contributed by atoms with Gasteiger partial charge < -0.3 is 0 Å². The van der Waals surface area contributed by atoms with Crippen LogP contribution in [0.4, 0.5) is 0 Å². The van der Waals surface area contributed by atoms with Crippen molar-refractivity contribution < 1.29 is 0 Å². The summed E-state index contributed by atoms with van der Waals surface area (Å²) >= 11 is 0. The number of rotatable bonds is 1.